The topological polar surface area (TPSA) is 70.5 Å². The smallest absolute Gasteiger partial charge is 0.417 e. The number of carbonyl (C=O) groups is 2. The summed E-state index contributed by atoms with van der Waals surface area (Å²) in [5.74, 6) is -0.826. The van der Waals surface area contributed by atoms with E-state index >= 15 is 0 Å². The number of unbranched alkanes of at least 4 members (excludes halogenated alkanes) is 1. The Labute approximate surface area is 137 Å². The summed E-state index contributed by atoms with van der Waals surface area (Å²) in [5, 5.41) is 7.88. The molecule has 0 bridgehead atoms. The Bertz CT molecular complexity index is 571. The molecule has 1 aliphatic heterocycles. The summed E-state index contributed by atoms with van der Waals surface area (Å²) >= 11 is 0. The van der Waals surface area contributed by atoms with Gasteiger partial charge in [0.05, 0.1) is 12.0 Å². The molecule has 2 atom stereocenters. The van der Waals surface area contributed by atoms with Gasteiger partial charge in [0.2, 0.25) is 5.91 Å². The van der Waals surface area contributed by atoms with E-state index in [4.69, 9.17) is 10.1 Å². The molecule has 0 spiro atoms. The van der Waals surface area contributed by atoms with Gasteiger partial charge in [-0.2, -0.15) is 0 Å². The third-order valence-corrected chi connectivity index (χ3v) is 4.18. The lowest BCUT2D eigenvalue weighted by molar-refractivity contribution is -0.131. The third-order valence-electron chi connectivity index (χ3n) is 4.18. The van der Waals surface area contributed by atoms with Gasteiger partial charge in [-0.25, -0.2) is 9.69 Å². The predicted octanol–water partition coefficient (Wildman–Crippen LogP) is 3.42. The van der Waals surface area contributed by atoms with Crippen molar-refractivity contribution < 1.29 is 14.3 Å². The van der Waals surface area contributed by atoms with E-state index < -0.39 is 12.0 Å². The molecule has 0 aliphatic carbocycles. The minimum Gasteiger partial charge on any atom is -0.447 e. The number of benzene rings is 1. The van der Waals surface area contributed by atoms with Crippen molar-refractivity contribution >= 4 is 17.7 Å². The number of nitrogens with zero attached hydrogens (tertiary/aromatic N) is 1. The van der Waals surface area contributed by atoms with E-state index in [1.54, 1.807) is 6.92 Å². The molecule has 1 aromatic rings. The standard InChI is InChI=1S/C18H24N2O3/c1-3-4-10-16(13(2)19)17(21)20-15(12-23-18(20)22)11-14-8-6-5-7-9-14/h5-9,15-16,19H,3-4,10-12H2,1-2H3/t15-,16+/m0/s1. The molecule has 23 heavy (non-hydrogen) atoms. The van der Waals surface area contributed by atoms with Crippen molar-refractivity contribution in [1.82, 2.24) is 4.90 Å². The highest BCUT2D eigenvalue weighted by atomic mass is 16.6. The second kappa shape index (κ2) is 7.90. The van der Waals surface area contributed by atoms with Crippen LogP contribution in [0.3, 0.4) is 0 Å². The Balaban J connectivity index is 2.14. The maximum absolute atomic E-state index is 12.8. The van der Waals surface area contributed by atoms with E-state index in [2.05, 4.69) is 0 Å². The molecule has 1 saturated heterocycles. The Hall–Kier alpha value is -2.17. The van der Waals surface area contributed by atoms with Gasteiger partial charge in [0.1, 0.15) is 6.61 Å². The van der Waals surface area contributed by atoms with Crippen molar-refractivity contribution in [3.8, 4) is 0 Å². The van der Waals surface area contributed by atoms with Crippen molar-refractivity contribution in [3.05, 3.63) is 35.9 Å². The molecular weight excluding hydrogens is 292 g/mol. The number of ether oxygens (including phenoxy) is 1. The van der Waals surface area contributed by atoms with E-state index in [1.807, 2.05) is 37.3 Å². The maximum atomic E-state index is 12.8. The van der Waals surface area contributed by atoms with E-state index in [9.17, 15) is 9.59 Å². The summed E-state index contributed by atoms with van der Waals surface area (Å²) in [6, 6.07) is 9.46. The van der Waals surface area contributed by atoms with Gasteiger partial charge in [0, 0.05) is 5.71 Å². The Kier molecular flexibility index (Phi) is 5.90. The number of amides is 2. The highest BCUT2D eigenvalue weighted by molar-refractivity contribution is 6.06. The first-order chi connectivity index (χ1) is 11.0. The van der Waals surface area contributed by atoms with Crippen LogP contribution in [0.2, 0.25) is 0 Å². The first kappa shape index (κ1) is 17.2. The van der Waals surface area contributed by atoms with Crippen LogP contribution in [0.5, 0.6) is 0 Å². The van der Waals surface area contributed by atoms with Crippen LogP contribution in [-0.4, -0.2) is 35.3 Å². The highest BCUT2D eigenvalue weighted by Gasteiger charge is 2.41. The Morgan fingerprint density at radius 3 is 2.70 bits per heavy atom. The molecule has 1 heterocycles. The van der Waals surface area contributed by atoms with E-state index in [0.717, 1.165) is 18.4 Å². The van der Waals surface area contributed by atoms with Crippen molar-refractivity contribution in [3.63, 3.8) is 0 Å². The fourth-order valence-electron chi connectivity index (χ4n) is 2.87. The molecule has 0 saturated carbocycles. The van der Waals surface area contributed by atoms with E-state index in [-0.39, 0.29) is 18.6 Å². The van der Waals surface area contributed by atoms with E-state index in [1.165, 1.54) is 4.90 Å². The van der Waals surface area contributed by atoms with Gasteiger partial charge in [-0.15, -0.1) is 0 Å². The van der Waals surface area contributed by atoms with Gasteiger partial charge in [0.25, 0.3) is 0 Å². The fourth-order valence-corrected chi connectivity index (χ4v) is 2.87. The minimum atomic E-state index is -0.585. The number of rotatable bonds is 7. The number of nitrogens with one attached hydrogen (secondary N) is 1. The second-order valence-corrected chi connectivity index (χ2v) is 6.01. The summed E-state index contributed by atoms with van der Waals surface area (Å²) in [5.41, 5.74) is 1.37. The molecule has 0 radical (unpaired) electrons. The Morgan fingerprint density at radius 1 is 1.39 bits per heavy atom. The lowest BCUT2D eigenvalue weighted by atomic mass is 9.95. The average Bonchev–Trinajstić information content (AvgIpc) is 2.88. The zero-order valence-electron chi connectivity index (χ0n) is 13.7. The number of hydrogen-bond acceptors (Lipinski definition) is 4. The molecule has 124 valence electrons. The quantitative estimate of drug-likeness (QED) is 0.784. The number of carbonyl (C=O) groups excluding carboxylic acids is 2. The van der Waals surface area contributed by atoms with Gasteiger partial charge in [-0.3, -0.25) is 4.79 Å². The molecule has 1 aliphatic rings. The second-order valence-electron chi connectivity index (χ2n) is 6.01. The summed E-state index contributed by atoms with van der Waals surface area (Å²) in [7, 11) is 0. The van der Waals surface area contributed by atoms with Crippen molar-refractivity contribution in [2.45, 2.75) is 45.6 Å². The molecular formula is C18H24N2O3. The van der Waals surface area contributed by atoms with Crippen LogP contribution in [0, 0.1) is 11.3 Å². The maximum Gasteiger partial charge on any atom is 0.417 e. The number of cyclic esters (lactones) is 1. The van der Waals surface area contributed by atoms with Gasteiger partial charge in [-0.1, -0.05) is 50.1 Å². The van der Waals surface area contributed by atoms with Crippen LogP contribution in [0.4, 0.5) is 4.79 Å². The predicted molar refractivity (Wildman–Crippen MR) is 88.5 cm³/mol. The number of imide groups is 1. The van der Waals surface area contributed by atoms with Crippen LogP contribution in [0.15, 0.2) is 30.3 Å². The Morgan fingerprint density at radius 2 is 2.09 bits per heavy atom. The van der Waals surface area contributed by atoms with Crippen LogP contribution >= 0.6 is 0 Å². The van der Waals surface area contributed by atoms with Crippen LogP contribution in [-0.2, 0) is 16.0 Å². The van der Waals surface area contributed by atoms with Crippen LogP contribution < -0.4 is 0 Å². The minimum absolute atomic E-state index is 0.219. The fraction of sp³-hybridized carbons (Fsp3) is 0.500. The normalized spacial score (nSPS) is 18.6. The summed E-state index contributed by atoms with van der Waals surface area (Å²) in [6.45, 7) is 3.89. The van der Waals surface area contributed by atoms with Gasteiger partial charge in [-0.05, 0) is 25.3 Å². The van der Waals surface area contributed by atoms with Gasteiger partial charge >= 0.3 is 6.09 Å². The molecule has 2 rings (SSSR count). The largest absolute Gasteiger partial charge is 0.447 e. The zero-order chi connectivity index (χ0) is 16.8. The molecule has 0 aromatic heterocycles. The monoisotopic (exact) mass is 316 g/mol. The molecule has 5 heteroatoms. The lowest BCUT2D eigenvalue weighted by Gasteiger charge is -2.24. The highest BCUT2D eigenvalue weighted by Crippen LogP contribution is 2.22. The molecule has 1 aromatic carbocycles. The first-order valence-corrected chi connectivity index (χ1v) is 8.13. The number of hydrogen-bond donors (Lipinski definition) is 1. The van der Waals surface area contributed by atoms with E-state index in [0.29, 0.717) is 18.6 Å². The zero-order valence-corrected chi connectivity index (χ0v) is 13.7. The molecule has 1 N–H and O–H groups in total. The SMILES string of the molecule is CCCC[C@H](C(C)=N)C(=O)N1C(=O)OC[C@@H]1Cc1ccccc1. The van der Waals surface area contributed by atoms with Gasteiger partial charge < -0.3 is 10.1 Å². The molecule has 5 nitrogen and oxygen atoms in total. The molecule has 2 amide bonds. The lowest BCUT2D eigenvalue weighted by Crippen LogP contribution is -2.45. The molecule has 0 unspecified atom stereocenters. The first-order valence-electron chi connectivity index (χ1n) is 8.13. The average molecular weight is 316 g/mol. The van der Waals surface area contributed by atoms with Crippen molar-refractivity contribution in [2.75, 3.05) is 6.61 Å². The summed E-state index contributed by atoms with van der Waals surface area (Å²) in [4.78, 5) is 26.0. The molecule has 1 fully saturated rings. The summed E-state index contributed by atoms with van der Waals surface area (Å²) in [6.07, 6.45) is 2.41. The van der Waals surface area contributed by atoms with Crippen molar-refractivity contribution in [2.24, 2.45) is 5.92 Å². The van der Waals surface area contributed by atoms with Crippen LogP contribution in [0.1, 0.15) is 38.7 Å². The van der Waals surface area contributed by atoms with Crippen molar-refractivity contribution in [1.29, 1.82) is 5.41 Å². The third kappa shape index (κ3) is 4.18. The van der Waals surface area contributed by atoms with Gasteiger partial charge in [0.15, 0.2) is 0 Å². The van der Waals surface area contributed by atoms with Crippen LogP contribution in [0.25, 0.3) is 0 Å². The summed E-state index contributed by atoms with van der Waals surface area (Å²) < 4.78 is 5.10.